The Morgan fingerprint density at radius 3 is 2.48 bits per heavy atom. The van der Waals surface area contributed by atoms with Crippen LogP contribution in [-0.2, 0) is 0 Å². The third kappa shape index (κ3) is 6.27. The second kappa shape index (κ2) is 11.2. The molecule has 1 saturated heterocycles. The lowest BCUT2D eigenvalue weighted by molar-refractivity contribution is 0.0762. The molecule has 1 heterocycles. The summed E-state index contributed by atoms with van der Waals surface area (Å²) in [6.45, 7) is 3.82. The Balaban J connectivity index is 1.72. The number of amides is 2. The molecule has 0 spiro atoms. The standard InChI is InChI=1S/C23H26BrN3O3S/c1-2-30-20-12-11-16(24)15-18(20)21(28)26-23(31)25-19-10-6-5-9-17(19)22(29)27-13-7-3-4-8-14-27/h5-6,9-12,15H,2-4,7-8,13-14H2,1H3,(H2,25,26,28,31). The van der Waals surface area contributed by atoms with Crippen molar-refractivity contribution in [3.63, 3.8) is 0 Å². The van der Waals surface area contributed by atoms with E-state index < -0.39 is 5.91 Å². The number of halogens is 1. The van der Waals surface area contributed by atoms with E-state index in [1.807, 2.05) is 30.0 Å². The number of para-hydroxylation sites is 1. The maximum atomic E-state index is 13.1. The van der Waals surface area contributed by atoms with Gasteiger partial charge in [-0.2, -0.15) is 0 Å². The second-order valence-electron chi connectivity index (χ2n) is 7.23. The summed E-state index contributed by atoms with van der Waals surface area (Å²) in [7, 11) is 0. The molecule has 0 bridgehead atoms. The number of benzene rings is 2. The van der Waals surface area contributed by atoms with E-state index in [1.54, 1.807) is 24.3 Å². The van der Waals surface area contributed by atoms with E-state index in [-0.39, 0.29) is 11.0 Å². The maximum Gasteiger partial charge on any atom is 0.261 e. The van der Waals surface area contributed by atoms with Crippen molar-refractivity contribution in [2.24, 2.45) is 0 Å². The zero-order valence-corrected chi connectivity index (χ0v) is 19.9. The van der Waals surface area contributed by atoms with Gasteiger partial charge in [-0.3, -0.25) is 14.9 Å². The summed E-state index contributed by atoms with van der Waals surface area (Å²) in [6, 6.07) is 12.4. The minimum atomic E-state index is -0.390. The highest BCUT2D eigenvalue weighted by atomic mass is 79.9. The fourth-order valence-electron chi connectivity index (χ4n) is 3.51. The van der Waals surface area contributed by atoms with Gasteiger partial charge in [0.2, 0.25) is 0 Å². The van der Waals surface area contributed by atoms with Crippen LogP contribution in [0, 0.1) is 0 Å². The number of anilines is 1. The van der Waals surface area contributed by atoms with Gasteiger partial charge in [0.1, 0.15) is 5.75 Å². The summed E-state index contributed by atoms with van der Waals surface area (Å²) >= 11 is 8.74. The van der Waals surface area contributed by atoms with Gasteiger partial charge in [-0.1, -0.05) is 40.9 Å². The lowest BCUT2D eigenvalue weighted by Gasteiger charge is -2.22. The SMILES string of the molecule is CCOc1ccc(Br)cc1C(=O)NC(=S)Nc1ccccc1C(=O)N1CCCCCC1. The molecule has 1 fully saturated rings. The van der Waals surface area contributed by atoms with Crippen molar-refractivity contribution >= 4 is 50.8 Å². The van der Waals surface area contributed by atoms with Crippen molar-refractivity contribution in [3.05, 3.63) is 58.1 Å². The molecule has 0 saturated carbocycles. The third-order valence-electron chi connectivity index (χ3n) is 5.01. The fourth-order valence-corrected chi connectivity index (χ4v) is 4.07. The molecule has 164 valence electrons. The molecule has 2 N–H and O–H groups in total. The van der Waals surface area contributed by atoms with Crippen LogP contribution in [-0.4, -0.2) is 41.5 Å². The number of carbonyl (C=O) groups excluding carboxylic acids is 2. The lowest BCUT2D eigenvalue weighted by Crippen LogP contribution is -2.36. The Morgan fingerprint density at radius 2 is 1.77 bits per heavy atom. The average molecular weight is 504 g/mol. The van der Waals surface area contributed by atoms with Crippen molar-refractivity contribution < 1.29 is 14.3 Å². The molecule has 6 nitrogen and oxygen atoms in total. The highest BCUT2D eigenvalue weighted by Gasteiger charge is 2.21. The normalized spacial score (nSPS) is 13.8. The van der Waals surface area contributed by atoms with Gasteiger partial charge < -0.3 is 15.0 Å². The van der Waals surface area contributed by atoms with Crippen molar-refractivity contribution in [3.8, 4) is 5.75 Å². The molecule has 0 unspecified atom stereocenters. The minimum Gasteiger partial charge on any atom is -0.493 e. The Labute approximate surface area is 196 Å². The van der Waals surface area contributed by atoms with Gasteiger partial charge in [0.25, 0.3) is 11.8 Å². The van der Waals surface area contributed by atoms with Crippen molar-refractivity contribution in [2.45, 2.75) is 32.6 Å². The largest absolute Gasteiger partial charge is 0.493 e. The van der Waals surface area contributed by atoms with E-state index in [0.717, 1.165) is 43.2 Å². The lowest BCUT2D eigenvalue weighted by atomic mass is 10.1. The van der Waals surface area contributed by atoms with E-state index in [4.69, 9.17) is 17.0 Å². The summed E-state index contributed by atoms with van der Waals surface area (Å²) < 4.78 is 6.30. The van der Waals surface area contributed by atoms with Gasteiger partial charge in [0.05, 0.1) is 23.4 Å². The third-order valence-corrected chi connectivity index (χ3v) is 5.71. The van der Waals surface area contributed by atoms with Gasteiger partial charge in [-0.05, 0) is 62.3 Å². The molecule has 0 atom stereocenters. The summed E-state index contributed by atoms with van der Waals surface area (Å²) in [5, 5.41) is 5.81. The molecule has 1 aliphatic rings. The first-order valence-corrected chi connectivity index (χ1v) is 11.6. The van der Waals surface area contributed by atoms with Gasteiger partial charge in [0, 0.05) is 17.6 Å². The van der Waals surface area contributed by atoms with Crippen molar-refractivity contribution in [1.29, 1.82) is 0 Å². The Hall–Kier alpha value is -2.45. The Kier molecular flexibility index (Phi) is 8.43. The number of thiocarbonyl (C=S) groups is 1. The molecule has 8 heteroatoms. The number of ether oxygens (including phenoxy) is 1. The number of carbonyl (C=O) groups is 2. The second-order valence-corrected chi connectivity index (χ2v) is 8.56. The predicted molar refractivity (Wildman–Crippen MR) is 130 cm³/mol. The van der Waals surface area contributed by atoms with Crippen molar-refractivity contribution in [1.82, 2.24) is 10.2 Å². The van der Waals surface area contributed by atoms with Crippen LogP contribution in [0.15, 0.2) is 46.9 Å². The molecule has 0 aromatic heterocycles. The van der Waals surface area contributed by atoms with E-state index in [9.17, 15) is 9.59 Å². The van der Waals surface area contributed by atoms with Crippen LogP contribution < -0.4 is 15.4 Å². The minimum absolute atomic E-state index is 0.0234. The van der Waals surface area contributed by atoms with Crippen LogP contribution in [0.1, 0.15) is 53.3 Å². The monoisotopic (exact) mass is 503 g/mol. The molecule has 31 heavy (non-hydrogen) atoms. The summed E-state index contributed by atoms with van der Waals surface area (Å²) in [5.41, 5.74) is 1.48. The molecule has 2 amide bonds. The average Bonchev–Trinajstić information content (AvgIpc) is 3.04. The molecule has 0 radical (unpaired) electrons. The van der Waals surface area contributed by atoms with Crippen LogP contribution in [0.3, 0.4) is 0 Å². The molecule has 1 aliphatic heterocycles. The first kappa shape index (κ1) is 23.2. The molecule has 0 aliphatic carbocycles. The number of nitrogens with zero attached hydrogens (tertiary/aromatic N) is 1. The van der Waals surface area contributed by atoms with Crippen LogP contribution in [0.4, 0.5) is 5.69 Å². The zero-order chi connectivity index (χ0) is 22.2. The fraction of sp³-hybridized carbons (Fsp3) is 0.348. The number of hydrogen-bond donors (Lipinski definition) is 2. The quantitative estimate of drug-likeness (QED) is 0.562. The van der Waals surface area contributed by atoms with Crippen LogP contribution in [0.5, 0.6) is 5.75 Å². The Morgan fingerprint density at radius 1 is 1.06 bits per heavy atom. The van der Waals surface area contributed by atoms with Gasteiger partial charge >= 0.3 is 0 Å². The smallest absolute Gasteiger partial charge is 0.261 e. The van der Waals surface area contributed by atoms with Crippen LogP contribution >= 0.6 is 28.1 Å². The van der Waals surface area contributed by atoms with Gasteiger partial charge in [-0.15, -0.1) is 0 Å². The summed E-state index contributed by atoms with van der Waals surface area (Å²) in [6.07, 6.45) is 4.34. The molecular weight excluding hydrogens is 478 g/mol. The van der Waals surface area contributed by atoms with Crippen molar-refractivity contribution in [2.75, 3.05) is 25.0 Å². The van der Waals surface area contributed by atoms with Gasteiger partial charge in [-0.25, -0.2) is 0 Å². The zero-order valence-electron chi connectivity index (χ0n) is 17.4. The molecule has 3 rings (SSSR count). The Bertz CT molecular complexity index is 959. The highest BCUT2D eigenvalue weighted by Crippen LogP contribution is 2.24. The number of rotatable bonds is 5. The number of hydrogen-bond acceptors (Lipinski definition) is 4. The van der Waals surface area contributed by atoms with Gasteiger partial charge in [0.15, 0.2) is 5.11 Å². The first-order chi connectivity index (χ1) is 15.0. The van der Waals surface area contributed by atoms with Crippen LogP contribution in [0.2, 0.25) is 0 Å². The first-order valence-electron chi connectivity index (χ1n) is 10.4. The van der Waals surface area contributed by atoms with E-state index in [2.05, 4.69) is 26.6 Å². The summed E-state index contributed by atoms with van der Waals surface area (Å²) in [5.74, 6) is 0.0612. The van der Waals surface area contributed by atoms with E-state index in [1.165, 1.54) is 0 Å². The summed E-state index contributed by atoms with van der Waals surface area (Å²) in [4.78, 5) is 27.8. The molecule has 2 aromatic carbocycles. The van der Waals surface area contributed by atoms with Crippen LogP contribution in [0.25, 0.3) is 0 Å². The van der Waals surface area contributed by atoms with E-state index in [0.29, 0.717) is 29.2 Å². The maximum absolute atomic E-state index is 13.1. The number of likely N-dealkylation sites (tertiary alicyclic amines) is 1. The predicted octanol–water partition coefficient (Wildman–Crippen LogP) is 4.99. The van der Waals surface area contributed by atoms with E-state index >= 15 is 0 Å². The number of nitrogens with one attached hydrogen (secondary N) is 2. The molecular formula is C23H26BrN3O3S. The highest BCUT2D eigenvalue weighted by molar-refractivity contribution is 9.10. The molecule has 2 aromatic rings. The topological polar surface area (TPSA) is 70.7 Å².